The molecule has 0 heterocycles. The molecule has 1 atom stereocenters. The van der Waals surface area contributed by atoms with Gasteiger partial charge in [0.15, 0.2) is 5.12 Å². The van der Waals surface area contributed by atoms with Gasteiger partial charge in [-0.1, -0.05) is 72.0 Å². The van der Waals surface area contributed by atoms with Crippen molar-refractivity contribution in [2.75, 3.05) is 26.9 Å². The van der Waals surface area contributed by atoms with Gasteiger partial charge in [-0.25, -0.2) is 0 Å². The van der Waals surface area contributed by atoms with Crippen LogP contribution in [-0.4, -0.2) is 61.9 Å². The first-order chi connectivity index (χ1) is 15.9. The minimum atomic E-state index is -0.273. The molecule has 0 fully saturated rings. The number of hydrogen-bond acceptors (Lipinski definition) is 6. The fraction of sp³-hybridized carbons (Fsp3) is 0.889. The number of rotatable bonds is 20. The molecule has 0 saturated heterocycles. The van der Waals surface area contributed by atoms with E-state index in [1.807, 2.05) is 54.9 Å². The first-order valence-electron chi connectivity index (χ1n) is 13.3. The van der Waals surface area contributed by atoms with Crippen LogP contribution in [-0.2, 0) is 19.1 Å². The summed E-state index contributed by atoms with van der Waals surface area (Å²) in [4.78, 5) is 38.5. The van der Waals surface area contributed by atoms with Crippen LogP contribution in [0.3, 0.4) is 0 Å². The van der Waals surface area contributed by atoms with Gasteiger partial charge in [-0.2, -0.15) is 0 Å². The molecule has 34 heavy (non-hydrogen) atoms. The summed E-state index contributed by atoms with van der Waals surface area (Å²) in [6.45, 7) is 11.0. The highest BCUT2D eigenvalue weighted by molar-refractivity contribution is 8.13. The molecule has 0 aromatic heterocycles. The van der Waals surface area contributed by atoms with Gasteiger partial charge in [0.05, 0.1) is 5.68 Å². The summed E-state index contributed by atoms with van der Waals surface area (Å²) in [6, 6.07) is 0. The van der Waals surface area contributed by atoms with Crippen molar-refractivity contribution in [3.05, 3.63) is 0 Å². The van der Waals surface area contributed by atoms with Crippen molar-refractivity contribution in [3.8, 4) is 0 Å². The van der Waals surface area contributed by atoms with Gasteiger partial charge in [0.2, 0.25) is 7.28 Å². The molecule has 0 aliphatic rings. The van der Waals surface area contributed by atoms with E-state index in [1.165, 1.54) is 11.8 Å². The molecule has 7 heteroatoms. The van der Waals surface area contributed by atoms with Crippen LogP contribution in [0.25, 0.3) is 0 Å². The van der Waals surface area contributed by atoms with E-state index >= 15 is 0 Å². The van der Waals surface area contributed by atoms with E-state index in [2.05, 4.69) is 4.90 Å². The van der Waals surface area contributed by atoms with Crippen LogP contribution in [0.2, 0.25) is 6.82 Å². The molecule has 0 aromatic rings. The monoisotopic (exact) mass is 497 g/mol. The molecule has 5 nitrogen and oxygen atoms in total. The second kappa shape index (κ2) is 17.6. The third kappa shape index (κ3) is 15.2. The topological polar surface area (TPSA) is 63.7 Å². The van der Waals surface area contributed by atoms with E-state index in [1.54, 1.807) is 0 Å². The molecule has 0 amide bonds. The Labute approximate surface area is 215 Å². The van der Waals surface area contributed by atoms with Gasteiger partial charge in [-0.3, -0.25) is 9.59 Å². The number of ether oxygens (including phenoxy) is 1. The molecule has 0 saturated carbocycles. The van der Waals surface area contributed by atoms with Gasteiger partial charge in [0.1, 0.15) is 6.10 Å². The maximum Gasteiger partial charge on any atom is 0.306 e. The normalized spacial score (nSPS) is 13.1. The first-order valence-corrected chi connectivity index (χ1v) is 14.5. The van der Waals surface area contributed by atoms with Gasteiger partial charge in [0.25, 0.3) is 0 Å². The Kier molecular flexibility index (Phi) is 17.2. The lowest BCUT2D eigenvalue weighted by atomic mass is 9.63. The third-order valence-electron chi connectivity index (χ3n) is 6.75. The maximum atomic E-state index is 12.4. The van der Waals surface area contributed by atoms with E-state index in [4.69, 9.17) is 4.74 Å². The average molecular weight is 498 g/mol. The highest BCUT2D eigenvalue weighted by Gasteiger charge is 2.26. The Hall–Kier alpha value is -0.815. The largest absolute Gasteiger partial charge is 0.462 e. The number of hydrogen-bond donors (Lipinski definition) is 0. The second-order valence-corrected chi connectivity index (χ2v) is 12.0. The van der Waals surface area contributed by atoms with E-state index in [0.29, 0.717) is 19.4 Å². The van der Waals surface area contributed by atoms with Crippen molar-refractivity contribution in [2.45, 2.75) is 118 Å². The third-order valence-corrected chi connectivity index (χ3v) is 7.68. The van der Waals surface area contributed by atoms with Crippen molar-refractivity contribution in [2.24, 2.45) is 10.8 Å². The summed E-state index contributed by atoms with van der Waals surface area (Å²) < 4.78 is 5.87. The minimum absolute atomic E-state index is 0.0296. The van der Waals surface area contributed by atoms with Crippen molar-refractivity contribution >= 4 is 35.8 Å². The van der Waals surface area contributed by atoms with Gasteiger partial charge in [-0.15, -0.1) is 0 Å². The molecule has 0 spiro atoms. The predicted molar refractivity (Wildman–Crippen MR) is 148 cm³/mol. The molecule has 0 bridgehead atoms. The predicted octanol–water partition coefficient (Wildman–Crippen LogP) is 6.09. The van der Waals surface area contributed by atoms with Crippen molar-refractivity contribution < 1.29 is 19.1 Å². The molecule has 0 aliphatic heterocycles. The van der Waals surface area contributed by atoms with Crippen LogP contribution in [0.4, 0.5) is 0 Å². The Morgan fingerprint density at radius 1 is 0.853 bits per heavy atom. The fourth-order valence-electron chi connectivity index (χ4n) is 4.27. The average Bonchev–Trinajstić information content (AvgIpc) is 2.76. The summed E-state index contributed by atoms with van der Waals surface area (Å²) in [5, 5.41) is 0.251. The molecule has 198 valence electrons. The van der Waals surface area contributed by atoms with Gasteiger partial charge in [0, 0.05) is 17.3 Å². The summed E-state index contributed by atoms with van der Waals surface area (Å²) in [5.41, 5.74) is -0.178. The maximum absolute atomic E-state index is 12.4. The smallest absolute Gasteiger partial charge is 0.306 e. The highest BCUT2D eigenvalue weighted by atomic mass is 32.2. The lowest BCUT2D eigenvalue weighted by Crippen LogP contribution is -2.27. The molecular formula is C27H52BNO4S. The Morgan fingerprint density at radius 2 is 1.38 bits per heavy atom. The number of esters is 1. The van der Waals surface area contributed by atoms with Crippen molar-refractivity contribution in [3.63, 3.8) is 0 Å². The number of carbonyl (C=O) groups excluding carboxylic acids is 3. The lowest BCUT2D eigenvalue weighted by molar-refractivity contribution is -0.150. The molecular weight excluding hydrogens is 445 g/mol. The SMILES string of the molecule is CBC(=O)C(C)(C)CCCCCC(CCCCCC(C)(C)C(=O)SC)OC(=O)CCCN(C)C. The molecule has 0 aromatic carbocycles. The summed E-state index contributed by atoms with van der Waals surface area (Å²) in [6.07, 6.45) is 12.9. The second-order valence-electron chi connectivity index (χ2n) is 11.3. The van der Waals surface area contributed by atoms with Crippen LogP contribution in [0.5, 0.6) is 0 Å². The van der Waals surface area contributed by atoms with Gasteiger partial charge < -0.3 is 14.4 Å². The van der Waals surface area contributed by atoms with Gasteiger partial charge in [-0.05, 0) is 71.8 Å². The van der Waals surface area contributed by atoms with Crippen LogP contribution < -0.4 is 0 Å². The lowest BCUT2D eigenvalue weighted by Gasteiger charge is -2.23. The minimum Gasteiger partial charge on any atom is -0.462 e. The van der Waals surface area contributed by atoms with Crippen LogP contribution in [0, 0.1) is 10.8 Å². The number of thioether (sulfide) groups is 1. The zero-order valence-corrected chi connectivity index (χ0v) is 24.3. The molecule has 0 rings (SSSR count). The molecule has 0 N–H and O–H groups in total. The Bertz CT molecular complexity index is 569. The van der Waals surface area contributed by atoms with E-state index < -0.39 is 0 Å². The van der Waals surface area contributed by atoms with Crippen molar-refractivity contribution in [1.29, 1.82) is 0 Å². The first kappa shape index (κ1) is 33.2. The van der Waals surface area contributed by atoms with Crippen LogP contribution in [0.15, 0.2) is 0 Å². The van der Waals surface area contributed by atoms with Crippen LogP contribution in [0.1, 0.15) is 105 Å². The quantitative estimate of drug-likeness (QED) is 0.115. The molecule has 1 unspecified atom stereocenters. The van der Waals surface area contributed by atoms with E-state index in [-0.39, 0.29) is 28.0 Å². The molecule has 0 radical (unpaired) electrons. The number of carbonyl (C=O) groups is 3. The summed E-state index contributed by atoms with van der Waals surface area (Å²) in [5.74, 6) is -0.0896. The zero-order valence-electron chi connectivity index (χ0n) is 23.5. The van der Waals surface area contributed by atoms with E-state index in [9.17, 15) is 14.4 Å². The van der Waals surface area contributed by atoms with Crippen molar-refractivity contribution in [1.82, 2.24) is 4.90 Å². The number of nitrogens with zero attached hydrogens (tertiary/aromatic N) is 1. The standard InChI is InChI=1S/C27H52BNO4S/c1-26(2,24(31)28-5)19-13-9-11-16-22(33-23(30)18-15-21-29(6)7)17-12-10-14-20-27(3,4)25(32)34-8/h22,28H,9-21H2,1-8H3. The summed E-state index contributed by atoms with van der Waals surface area (Å²) >= 11 is 1.31. The molecule has 0 aliphatic carbocycles. The van der Waals surface area contributed by atoms with Crippen LogP contribution >= 0.6 is 11.8 Å². The van der Waals surface area contributed by atoms with Gasteiger partial charge >= 0.3 is 5.97 Å². The zero-order chi connectivity index (χ0) is 26.2. The Balaban J connectivity index is 4.53. The van der Waals surface area contributed by atoms with E-state index in [0.717, 1.165) is 77.2 Å². The fourth-order valence-corrected chi connectivity index (χ4v) is 4.93. The highest BCUT2D eigenvalue weighted by Crippen LogP contribution is 2.29. The Morgan fingerprint density at radius 3 is 1.85 bits per heavy atom. The summed E-state index contributed by atoms with van der Waals surface area (Å²) in [7, 11) is 4.62. The number of unbranched alkanes of at least 4 members (excludes halogenated alkanes) is 4.